The third-order valence-electron chi connectivity index (χ3n) is 5.59. The molecule has 0 saturated heterocycles. The molecule has 2 heterocycles. The second-order valence-corrected chi connectivity index (χ2v) is 10.4. The van der Waals surface area contributed by atoms with Gasteiger partial charge in [-0.2, -0.15) is 5.26 Å². The van der Waals surface area contributed by atoms with Crippen LogP contribution in [-0.4, -0.2) is 5.78 Å². The minimum atomic E-state index is 0.00163. The summed E-state index contributed by atoms with van der Waals surface area (Å²) in [5, 5.41) is 12.3. The maximum absolute atomic E-state index is 12.6. The molecule has 6 rings (SSSR count). The highest BCUT2D eigenvalue weighted by molar-refractivity contribution is 8.04. The molecule has 0 saturated carbocycles. The fourth-order valence-corrected chi connectivity index (χ4v) is 5.84. The number of carbonyl (C=O) groups is 1. The molecule has 0 fully saturated rings. The molecule has 0 unspecified atom stereocenters. The van der Waals surface area contributed by atoms with Crippen molar-refractivity contribution in [1.82, 2.24) is 0 Å². The molecular weight excluding hydrogens is 565 g/mol. The summed E-state index contributed by atoms with van der Waals surface area (Å²) in [4.78, 5) is 16.4. The lowest BCUT2D eigenvalue weighted by Crippen LogP contribution is -1.94. The van der Waals surface area contributed by atoms with Crippen LogP contribution < -0.4 is 5.32 Å². The van der Waals surface area contributed by atoms with Gasteiger partial charge in [0.1, 0.15) is 0 Å². The number of hydrogen-bond acceptors (Lipinski definition) is 5. The predicted octanol–water partition coefficient (Wildman–Crippen LogP) is 12.1. The van der Waals surface area contributed by atoms with Crippen molar-refractivity contribution < 1.29 is 4.79 Å². The van der Waals surface area contributed by atoms with Crippen LogP contribution in [0.4, 0.5) is 11.4 Å². The number of Topliss-reactive ketones (excluding diaryl/α,β-unsaturated/α-hetero) is 1. The first-order valence-corrected chi connectivity index (χ1v) is 16.3. The Morgan fingerprint density at radius 2 is 1.21 bits per heavy atom. The van der Waals surface area contributed by atoms with Crippen LogP contribution in [-0.2, 0) is 0 Å². The Labute approximate surface area is 266 Å². The second-order valence-electron chi connectivity index (χ2n) is 8.19. The van der Waals surface area contributed by atoms with Crippen LogP contribution in [0, 0.1) is 11.3 Å². The Bertz CT molecular complexity index is 1550. The number of hydrogen-bond donors (Lipinski definition) is 1. The fourth-order valence-electron chi connectivity index (χ4n) is 3.79. The minimum absolute atomic E-state index is 0.00163. The van der Waals surface area contributed by atoms with E-state index in [9.17, 15) is 4.79 Å². The molecule has 1 aromatic heterocycles. The highest BCUT2D eigenvalue weighted by Crippen LogP contribution is 2.42. The van der Waals surface area contributed by atoms with Crippen LogP contribution in [0.15, 0.2) is 131 Å². The molecule has 3 nitrogen and oxygen atoms in total. The Morgan fingerprint density at radius 3 is 1.74 bits per heavy atom. The average molecular weight is 605 g/mol. The maximum Gasteiger partial charge on any atom is 0.200 e. The van der Waals surface area contributed by atoms with E-state index < -0.39 is 0 Å². The molecular formula is C38H40N2OS2. The van der Waals surface area contributed by atoms with Gasteiger partial charge >= 0.3 is 0 Å². The van der Waals surface area contributed by atoms with Crippen LogP contribution in [0.25, 0.3) is 16.5 Å². The number of ketones is 1. The summed E-state index contributed by atoms with van der Waals surface area (Å²) in [6, 6.07) is 42.0. The van der Waals surface area contributed by atoms with Gasteiger partial charge in [-0.15, -0.1) is 11.3 Å². The molecule has 0 radical (unpaired) electrons. The summed E-state index contributed by atoms with van der Waals surface area (Å²) in [6.45, 7) is 12.0. The summed E-state index contributed by atoms with van der Waals surface area (Å²) in [5.74, 6) is 0.00163. The lowest BCUT2D eigenvalue weighted by Gasteiger charge is -2.04. The van der Waals surface area contributed by atoms with Crippen LogP contribution in [0.2, 0.25) is 0 Å². The third-order valence-corrected chi connectivity index (χ3v) is 7.77. The molecule has 0 spiro atoms. The zero-order valence-electron chi connectivity index (χ0n) is 25.8. The Balaban J connectivity index is 0.000000288. The SMILES string of the molecule is CC.CC.CC.N#Cc1ccc2c(c1)C(=O)/C(=C\c1ccc(-c3ccccc3)s1)S2.c1ccc(Nc2ccccc2)cc1. The van der Waals surface area contributed by atoms with E-state index in [4.69, 9.17) is 5.26 Å². The number of thioether (sulfide) groups is 1. The quantitative estimate of drug-likeness (QED) is 0.207. The number of para-hydroxylation sites is 2. The van der Waals surface area contributed by atoms with Crippen LogP contribution in [0.1, 0.15) is 62.3 Å². The number of nitrogens with zero attached hydrogens (tertiary/aromatic N) is 1. The number of fused-ring (bicyclic) bond motifs is 1. The largest absolute Gasteiger partial charge is 0.356 e. The van der Waals surface area contributed by atoms with E-state index in [0.29, 0.717) is 16.0 Å². The number of thiophene rings is 1. The summed E-state index contributed by atoms with van der Waals surface area (Å²) in [5.41, 5.74) is 4.57. The van der Waals surface area contributed by atoms with E-state index in [1.54, 1.807) is 23.5 Å². The number of benzene rings is 4. The van der Waals surface area contributed by atoms with E-state index in [2.05, 4.69) is 29.6 Å². The first-order chi connectivity index (χ1) is 21.2. The van der Waals surface area contributed by atoms with Gasteiger partial charge in [0, 0.05) is 31.6 Å². The summed E-state index contributed by atoms with van der Waals surface area (Å²) in [6.07, 6.45) is 1.94. The lowest BCUT2D eigenvalue weighted by molar-refractivity contribution is 0.104. The van der Waals surface area contributed by atoms with Crippen molar-refractivity contribution in [3.63, 3.8) is 0 Å². The first kappa shape index (κ1) is 34.8. The van der Waals surface area contributed by atoms with Crippen molar-refractivity contribution >= 4 is 46.3 Å². The van der Waals surface area contributed by atoms with Crippen molar-refractivity contribution in [3.05, 3.63) is 142 Å². The maximum atomic E-state index is 12.6. The molecule has 1 aliphatic heterocycles. The van der Waals surface area contributed by atoms with Crippen molar-refractivity contribution in [3.8, 4) is 16.5 Å². The molecule has 5 aromatic rings. The Hall–Kier alpha value is -4.37. The molecule has 1 aliphatic rings. The highest BCUT2D eigenvalue weighted by Gasteiger charge is 2.26. The van der Waals surface area contributed by atoms with Crippen LogP contribution in [0.3, 0.4) is 0 Å². The van der Waals surface area contributed by atoms with Gasteiger partial charge < -0.3 is 5.32 Å². The van der Waals surface area contributed by atoms with Crippen LogP contribution >= 0.6 is 23.1 Å². The smallest absolute Gasteiger partial charge is 0.200 e. The second kappa shape index (κ2) is 19.7. The van der Waals surface area contributed by atoms with Crippen LogP contribution in [0.5, 0.6) is 0 Å². The van der Waals surface area contributed by atoms with E-state index in [1.165, 1.54) is 22.2 Å². The number of carbonyl (C=O) groups excluding carboxylic acids is 1. The summed E-state index contributed by atoms with van der Waals surface area (Å²) >= 11 is 3.14. The van der Waals surface area contributed by atoms with E-state index in [-0.39, 0.29) is 5.78 Å². The van der Waals surface area contributed by atoms with Crippen molar-refractivity contribution in [2.24, 2.45) is 0 Å². The van der Waals surface area contributed by atoms with Gasteiger partial charge in [-0.25, -0.2) is 0 Å². The number of nitriles is 1. The number of allylic oxidation sites excluding steroid dienone is 1. The molecule has 5 heteroatoms. The molecule has 43 heavy (non-hydrogen) atoms. The van der Waals surface area contributed by atoms with Gasteiger partial charge in [0.2, 0.25) is 5.78 Å². The zero-order chi connectivity index (χ0) is 31.5. The van der Waals surface area contributed by atoms with Gasteiger partial charge in [0.15, 0.2) is 0 Å². The average Bonchev–Trinajstić information content (AvgIpc) is 3.69. The van der Waals surface area contributed by atoms with Crippen molar-refractivity contribution in [2.45, 2.75) is 46.4 Å². The molecule has 0 bridgehead atoms. The topological polar surface area (TPSA) is 52.9 Å². The fraction of sp³-hybridized carbons (Fsp3) is 0.158. The normalized spacial score (nSPS) is 11.5. The zero-order valence-corrected chi connectivity index (χ0v) is 27.4. The van der Waals surface area contributed by atoms with Gasteiger partial charge in [0.05, 0.1) is 16.5 Å². The number of anilines is 2. The predicted molar refractivity (Wildman–Crippen MR) is 189 cm³/mol. The van der Waals surface area contributed by atoms with Gasteiger partial charge in [0.25, 0.3) is 0 Å². The molecule has 220 valence electrons. The van der Waals surface area contributed by atoms with E-state index in [1.807, 2.05) is 139 Å². The standard InChI is InChI=1S/C20H11NOS2.C12H11N.3C2H6/c21-12-13-6-8-18-16(10-13)20(22)19(24-18)11-15-7-9-17(23-15)14-4-2-1-3-5-14;1-3-7-11(8-4-1)13-12-9-5-2-6-10-12;3*1-2/h1-11H;1-10,13H;3*1-2H3/b19-11+;;;;. The van der Waals surface area contributed by atoms with Crippen molar-refractivity contribution in [1.29, 1.82) is 5.26 Å². The monoisotopic (exact) mass is 604 g/mol. The number of nitrogens with one attached hydrogen (secondary N) is 1. The first-order valence-electron chi connectivity index (χ1n) is 14.7. The third kappa shape index (κ3) is 10.4. The van der Waals surface area contributed by atoms with E-state index >= 15 is 0 Å². The molecule has 0 aliphatic carbocycles. The van der Waals surface area contributed by atoms with Gasteiger partial charge in [-0.05, 0) is 66.2 Å². The lowest BCUT2D eigenvalue weighted by atomic mass is 10.1. The number of rotatable bonds is 4. The van der Waals surface area contributed by atoms with Gasteiger partial charge in [-0.1, -0.05) is 120 Å². The van der Waals surface area contributed by atoms with E-state index in [0.717, 1.165) is 21.1 Å². The minimum Gasteiger partial charge on any atom is -0.356 e. The van der Waals surface area contributed by atoms with Gasteiger partial charge in [-0.3, -0.25) is 4.79 Å². The van der Waals surface area contributed by atoms with Crippen molar-refractivity contribution in [2.75, 3.05) is 5.32 Å². The Kier molecular flexibility index (Phi) is 16.0. The molecule has 0 amide bonds. The summed E-state index contributed by atoms with van der Waals surface area (Å²) in [7, 11) is 0. The summed E-state index contributed by atoms with van der Waals surface area (Å²) < 4.78 is 0. The molecule has 1 N–H and O–H groups in total. The Morgan fingerprint density at radius 1 is 0.674 bits per heavy atom. The molecule has 4 aromatic carbocycles. The molecule has 0 atom stereocenters. The highest BCUT2D eigenvalue weighted by atomic mass is 32.2.